The highest BCUT2D eigenvalue weighted by Crippen LogP contribution is 2.31. The minimum absolute atomic E-state index is 0.00198. The Morgan fingerprint density at radius 2 is 2.17 bits per heavy atom. The van der Waals surface area contributed by atoms with E-state index in [1.165, 1.54) is 27.0 Å². The zero-order valence-corrected chi connectivity index (χ0v) is 16.4. The van der Waals surface area contributed by atoms with Crippen LogP contribution >= 0.6 is 22.9 Å². The molecular weight excluding hydrogens is 422 g/mol. The number of piperazine rings is 1. The molecule has 0 unspecified atom stereocenters. The number of aromatic carboxylic acids is 1. The van der Waals surface area contributed by atoms with Crippen LogP contribution in [0.2, 0.25) is 4.34 Å². The Morgan fingerprint density at radius 1 is 1.34 bits per heavy atom. The van der Waals surface area contributed by atoms with Crippen LogP contribution in [0.5, 0.6) is 0 Å². The molecule has 3 aromatic heterocycles. The smallest absolute Gasteiger partial charge is 0.354 e. The molecule has 29 heavy (non-hydrogen) atoms. The summed E-state index contributed by atoms with van der Waals surface area (Å²) in [5.41, 5.74) is 0.218. The van der Waals surface area contributed by atoms with Crippen LogP contribution in [0, 0.1) is 0 Å². The molecule has 150 valence electrons. The topological polar surface area (TPSA) is 131 Å². The van der Waals surface area contributed by atoms with Crippen LogP contribution in [0.3, 0.4) is 0 Å². The maximum Gasteiger partial charge on any atom is 0.354 e. The summed E-state index contributed by atoms with van der Waals surface area (Å²) in [4.78, 5) is 37.8. The zero-order valence-electron chi connectivity index (χ0n) is 14.8. The minimum atomic E-state index is -1.23. The number of carboxylic acid groups (broad SMARTS) is 1. The van der Waals surface area contributed by atoms with Gasteiger partial charge in [-0.3, -0.25) is 14.3 Å². The Hall–Kier alpha value is -3.18. The van der Waals surface area contributed by atoms with E-state index in [9.17, 15) is 19.5 Å². The predicted octanol–water partition coefficient (Wildman–Crippen LogP) is 1.57. The van der Waals surface area contributed by atoms with Crippen LogP contribution in [0.15, 0.2) is 28.8 Å². The van der Waals surface area contributed by atoms with E-state index >= 15 is 0 Å². The minimum Gasteiger partial charge on any atom is -0.477 e. The summed E-state index contributed by atoms with van der Waals surface area (Å²) in [6.07, 6.45) is 0. The number of aromatic nitrogens is 3. The average molecular weight is 436 g/mol. The summed E-state index contributed by atoms with van der Waals surface area (Å²) in [6.45, 7) is 0.573. The van der Waals surface area contributed by atoms with Crippen molar-refractivity contribution in [2.75, 3.05) is 19.6 Å². The Kier molecular flexibility index (Phi) is 5.07. The summed E-state index contributed by atoms with van der Waals surface area (Å²) < 4.78 is 7.07. The first kappa shape index (κ1) is 19.2. The molecule has 4 rings (SSSR count). The maximum atomic E-state index is 12.6. The Labute approximate surface area is 172 Å². The molecule has 1 saturated heterocycles. The van der Waals surface area contributed by atoms with Crippen LogP contribution in [-0.4, -0.2) is 62.4 Å². The van der Waals surface area contributed by atoms with Gasteiger partial charge < -0.3 is 19.8 Å². The van der Waals surface area contributed by atoms with Gasteiger partial charge in [0, 0.05) is 25.2 Å². The van der Waals surface area contributed by atoms with Crippen LogP contribution in [-0.2, 0) is 11.3 Å². The third-order valence-corrected chi connectivity index (χ3v) is 5.48. The van der Waals surface area contributed by atoms with Crippen molar-refractivity contribution in [3.8, 4) is 10.6 Å². The van der Waals surface area contributed by atoms with E-state index in [1.807, 2.05) is 0 Å². The molecule has 0 aliphatic carbocycles. The van der Waals surface area contributed by atoms with E-state index < -0.39 is 11.9 Å². The molecule has 3 aromatic rings. The highest BCUT2D eigenvalue weighted by Gasteiger charge is 2.26. The number of halogens is 1. The van der Waals surface area contributed by atoms with Gasteiger partial charge in [0.05, 0.1) is 22.3 Å². The molecule has 1 aliphatic heterocycles. The second-order valence-corrected chi connectivity index (χ2v) is 7.96. The first-order valence-corrected chi connectivity index (χ1v) is 9.68. The number of carbonyl (C=O) groups excluding carboxylic acids is 2. The number of rotatable bonds is 5. The van der Waals surface area contributed by atoms with Crippen molar-refractivity contribution in [1.29, 1.82) is 0 Å². The quantitative estimate of drug-likeness (QED) is 0.621. The number of thiophene rings is 1. The standard InChI is InChI=1S/C17H14ClN5O5S/c18-14-2-1-13(29-14)12-5-9(21-28-12)7-23-11(17(26)27)6-10(20-23)16(25)22-4-3-19-15(24)8-22/h1-2,5-6H,3-4,7-8H2,(H,19,24)(H,26,27). The molecule has 0 atom stereocenters. The van der Waals surface area contributed by atoms with Gasteiger partial charge in [-0.25, -0.2) is 4.79 Å². The predicted molar refractivity (Wildman–Crippen MR) is 102 cm³/mol. The Balaban J connectivity index is 1.57. The third-order valence-electron chi connectivity index (χ3n) is 4.23. The van der Waals surface area contributed by atoms with E-state index in [-0.39, 0.29) is 30.4 Å². The van der Waals surface area contributed by atoms with Gasteiger partial charge in [-0.1, -0.05) is 16.8 Å². The number of hydrogen-bond acceptors (Lipinski definition) is 7. The van der Waals surface area contributed by atoms with Gasteiger partial charge in [-0.2, -0.15) is 5.10 Å². The molecule has 0 bridgehead atoms. The summed E-state index contributed by atoms with van der Waals surface area (Å²) >= 11 is 7.25. The van der Waals surface area contributed by atoms with E-state index in [0.29, 0.717) is 28.9 Å². The van der Waals surface area contributed by atoms with E-state index in [1.54, 1.807) is 18.2 Å². The summed E-state index contributed by atoms with van der Waals surface area (Å²) in [6, 6.07) is 6.38. The first-order valence-electron chi connectivity index (χ1n) is 8.49. The molecule has 2 amide bonds. The Morgan fingerprint density at radius 3 is 2.86 bits per heavy atom. The summed E-state index contributed by atoms with van der Waals surface area (Å²) in [5.74, 6) is -1.51. The van der Waals surface area contributed by atoms with E-state index in [0.717, 1.165) is 4.88 Å². The van der Waals surface area contributed by atoms with Crippen LogP contribution in [0.25, 0.3) is 10.6 Å². The largest absolute Gasteiger partial charge is 0.477 e. The monoisotopic (exact) mass is 435 g/mol. The van der Waals surface area contributed by atoms with Gasteiger partial charge in [-0.15, -0.1) is 11.3 Å². The van der Waals surface area contributed by atoms with Gasteiger partial charge in [0.15, 0.2) is 11.5 Å². The fourth-order valence-corrected chi connectivity index (χ4v) is 3.88. The molecule has 4 heterocycles. The molecule has 0 aromatic carbocycles. The van der Waals surface area contributed by atoms with Gasteiger partial charge in [0.25, 0.3) is 5.91 Å². The second-order valence-electron chi connectivity index (χ2n) is 6.24. The number of hydrogen-bond donors (Lipinski definition) is 2. The van der Waals surface area contributed by atoms with Gasteiger partial charge >= 0.3 is 5.97 Å². The fraction of sp³-hybridized carbons (Fsp3) is 0.235. The lowest BCUT2D eigenvalue weighted by Gasteiger charge is -2.25. The molecule has 0 saturated carbocycles. The van der Waals surface area contributed by atoms with Crippen molar-refractivity contribution in [3.05, 3.63) is 45.7 Å². The zero-order chi connectivity index (χ0) is 20.5. The molecular formula is C17H14ClN5O5S. The van der Waals surface area contributed by atoms with Crippen molar-refractivity contribution in [2.24, 2.45) is 0 Å². The highest BCUT2D eigenvalue weighted by molar-refractivity contribution is 7.19. The Bertz CT molecular complexity index is 1100. The van der Waals surface area contributed by atoms with Crippen molar-refractivity contribution in [3.63, 3.8) is 0 Å². The van der Waals surface area contributed by atoms with Crippen molar-refractivity contribution >= 4 is 40.7 Å². The SMILES string of the molecule is O=C1CN(C(=O)c2cc(C(=O)O)n(Cc3cc(-c4ccc(Cl)s4)on3)n2)CCN1. The number of nitrogens with one attached hydrogen (secondary N) is 1. The molecule has 0 radical (unpaired) electrons. The van der Waals surface area contributed by atoms with Gasteiger partial charge in [0.1, 0.15) is 11.4 Å². The lowest BCUT2D eigenvalue weighted by atomic mass is 10.2. The molecule has 10 nitrogen and oxygen atoms in total. The van der Waals surface area contributed by atoms with Crippen molar-refractivity contribution in [1.82, 2.24) is 25.2 Å². The average Bonchev–Trinajstić information content (AvgIpc) is 3.41. The molecule has 2 N–H and O–H groups in total. The molecule has 12 heteroatoms. The lowest BCUT2D eigenvalue weighted by Crippen LogP contribution is -2.50. The number of amides is 2. The van der Waals surface area contributed by atoms with Crippen molar-refractivity contribution < 1.29 is 24.0 Å². The van der Waals surface area contributed by atoms with Crippen LogP contribution < -0.4 is 5.32 Å². The maximum absolute atomic E-state index is 12.6. The summed E-state index contributed by atoms with van der Waals surface area (Å²) in [7, 11) is 0. The second kappa shape index (κ2) is 7.68. The van der Waals surface area contributed by atoms with Crippen LogP contribution in [0.1, 0.15) is 26.7 Å². The fourth-order valence-electron chi connectivity index (χ4n) is 2.89. The lowest BCUT2D eigenvalue weighted by molar-refractivity contribution is -0.123. The molecule has 1 aliphatic rings. The van der Waals surface area contributed by atoms with Gasteiger partial charge in [-0.05, 0) is 12.1 Å². The first-order chi connectivity index (χ1) is 13.9. The van der Waals surface area contributed by atoms with E-state index in [2.05, 4.69) is 15.6 Å². The third kappa shape index (κ3) is 4.00. The number of carbonyl (C=O) groups is 3. The molecule has 0 spiro atoms. The van der Waals surface area contributed by atoms with Crippen molar-refractivity contribution in [2.45, 2.75) is 6.54 Å². The number of carboxylic acids is 1. The van der Waals surface area contributed by atoms with Crippen LogP contribution in [0.4, 0.5) is 0 Å². The highest BCUT2D eigenvalue weighted by atomic mass is 35.5. The summed E-state index contributed by atoms with van der Waals surface area (Å²) in [5, 5.41) is 20.2. The molecule has 1 fully saturated rings. The van der Waals surface area contributed by atoms with E-state index in [4.69, 9.17) is 16.1 Å². The van der Waals surface area contributed by atoms with Gasteiger partial charge in [0.2, 0.25) is 5.91 Å². The normalized spacial score (nSPS) is 14.1. The number of nitrogens with zero attached hydrogens (tertiary/aromatic N) is 4.